The summed E-state index contributed by atoms with van der Waals surface area (Å²) < 4.78 is 9.95. The first kappa shape index (κ1) is 18.1. The lowest BCUT2D eigenvalue weighted by Crippen LogP contribution is -2.27. The van der Waals surface area contributed by atoms with Crippen LogP contribution >= 0.6 is 0 Å². The van der Waals surface area contributed by atoms with E-state index in [0.717, 1.165) is 0 Å². The number of rotatable bonds is 7. The first-order valence-corrected chi connectivity index (χ1v) is 7.11. The summed E-state index contributed by atoms with van der Waals surface area (Å²) in [5.74, 6) is -0.293. The molecule has 0 saturated heterocycles. The van der Waals surface area contributed by atoms with Crippen molar-refractivity contribution in [2.45, 2.75) is 20.8 Å². The predicted molar refractivity (Wildman–Crippen MR) is 85.9 cm³/mol. The van der Waals surface area contributed by atoms with Crippen LogP contribution in [0.25, 0.3) is 0 Å². The normalized spacial score (nSPS) is 11.1. The first-order chi connectivity index (χ1) is 10.3. The molecular weight excluding hydrogens is 284 g/mol. The summed E-state index contributed by atoms with van der Waals surface area (Å²) in [6.07, 6.45) is 0. The smallest absolute Gasteiger partial charge is 0.250 e. The van der Waals surface area contributed by atoms with Gasteiger partial charge in [0.15, 0.2) is 0 Å². The van der Waals surface area contributed by atoms with Crippen molar-refractivity contribution in [1.82, 2.24) is 0 Å². The van der Waals surface area contributed by atoms with Gasteiger partial charge in [-0.25, -0.2) is 0 Å². The zero-order chi connectivity index (χ0) is 16.6. The average Bonchev–Trinajstić information content (AvgIpc) is 2.45. The summed E-state index contributed by atoms with van der Waals surface area (Å²) in [6.45, 7) is 6.35. The lowest BCUT2D eigenvalue weighted by atomic mass is 9.95. The molecule has 0 aromatic heterocycles. The second kappa shape index (κ2) is 8.51. The molecule has 1 aromatic rings. The van der Waals surface area contributed by atoms with Crippen LogP contribution in [0.3, 0.4) is 0 Å². The fourth-order valence-electron chi connectivity index (χ4n) is 1.46. The lowest BCUT2D eigenvalue weighted by molar-refractivity contribution is -0.123. The predicted octanol–water partition coefficient (Wildman–Crippen LogP) is 2.27. The van der Waals surface area contributed by atoms with Crippen LogP contribution in [-0.4, -0.2) is 38.7 Å². The van der Waals surface area contributed by atoms with E-state index in [9.17, 15) is 9.59 Å². The molecule has 0 unspecified atom stereocenters. The van der Waals surface area contributed by atoms with E-state index in [-0.39, 0.29) is 18.4 Å². The third kappa shape index (κ3) is 6.69. The molecule has 0 heterocycles. The van der Waals surface area contributed by atoms with Crippen molar-refractivity contribution >= 4 is 23.2 Å². The molecule has 2 N–H and O–H groups in total. The Bertz CT molecular complexity index is 492. The van der Waals surface area contributed by atoms with Gasteiger partial charge in [0.25, 0.3) is 0 Å². The summed E-state index contributed by atoms with van der Waals surface area (Å²) >= 11 is 0. The van der Waals surface area contributed by atoms with Gasteiger partial charge in [0.2, 0.25) is 11.8 Å². The molecule has 122 valence electrons. The van der Waals surface area contributed by atoms with Gasteiger partial charge < -0.3 is 20.1 Å². The molecule has 0 fully saturated rings. The molecule has 0 aliphatic rings. The maximum absolute atomic E-state index is 11.9. The molecule has 0 spiro atoms. The standard InChI is InChI=1S/C16H24N2O4/c1-16(2,3)15(20)18-13-7-5-12(6-8-13)17-14(19)11-22-10-9-21-4/h5-8H,9-11H2,1-4H3,(H,17,19)(H,18,20). The zero-order valence-electron chi connectivity index (χ0n) is 13.6. The highest BCUT2D eigenvalue weighted by Crippen LogP contribution is 2.19. The molecule has 6 heteroatoms. The molecule has 2 amide bonds. The number of carbonyl (C=O) groups excluding carboxylic acids is 2. The second-order valence-corrected chi connectivity index (χ2v) is 5.88. The molecule has 22 heavy (non-hydrogen) atoms. The maximum Gasteiger partial charge on any atom is 0.250 e. The maximum atomic E-state index is 11.9. The van der Waals surface area contributed by atoms with Crippen molar-refractivity contribution in [2.75, 3.05) is 37.6 Å². The van der Waals surface area contributed by atoms with Crippen molar-refractivity contribution in [3.63, 3.8) is 0 Å². The molecule has 0 atom stereocenters. The first-order valence-electron chi connectivity index (χ1n) is 7.11. The highest BCUT2D eigenvalue weighted by atomic mass is 16.5. The molecular formula is C16H24N2O4. The highest BCUT2D eigenvalue weighted by molar-refractivity contribution is 5.95. The quantitative estimate of drug-likeness (QED) is 0.758. The Labute approximate surface area is 131 Å². The fourth-order valence-corrected chi connectivity index (χ4v) is 1.46. The topological polar surface area (TPSA) is 76.7 Å². The Morgan fingerprint density at radius 3 is 2.05 bits per heavy atom. The molecule has 6 nitrogen and oxygen atoms in total. The van der Waals surface area contributed by atoms with Gasteiger partial charge in [-0.05, 0) is 24.3 Å². The van der Waals surface area contributed by atoms with Gasteiger partial charge in [-0.3, -0.25) is 9.59 Å². The van der Waals surface area contributed by atoms with Crippen molar-refractivity contribution in [2.24, 2.45) is 5.41 Å². The lowest BCUT2D eigenvalue weighted by Gasteiger charge is -2.17. The van der Waals surface area contributed by atoms with Crippen LogP contribution in [0.15, 0.2) is 24.3 Å². The van der Waals surface area contributed by atoms with E-state index < -0.39 is 5.41 Å². The minimum absolute atomic E-state index is 0.0220. The van der Waals surface area contributed by atoms with E-state index in [1.165, 1.54) is 0 Å². The molecule has 1 aromatic carbocycles. The van der Waals surface area contributed by atoms with Crippen LogP contribution < -0.4 is 10.6 Å². The molecule has 1 rings (SSSR count). The van der Waals surface area contributed by atoms with E-state index in [1.807, 2.05) is 20.8 Å². The molecule has 0 aliphatic heterocycles. The van der Waals surface area contributed by atoms with E-state index in [2.05, 4.69) is 10.6 Å². The minimum Gasteiger partial charge on any atom is -0.382 e. The third-order valence-electron chi connectivity index (χ3n) is 2.77. The third-order valence-corrected chi connectivity index (χ3v) is 2.77. The largest absolute Gasteiger partial charge is 0.382 e. The number of hydrogen-bond donors (Lipinski definition) is 2. The fraction of sp³-hybridized carbons (Fsp3) is 0.500. The Hall–Kier alpha value is -1.92. The van der Waals surface area contributed by atoms with Gasteiger partial charge in [-0.15, -0.1) is 0 Å². The van der Waals surface area contributed by atoms with Gasteiger partial charge >= 0.3 is 0 Å². The number of methoxy groups -OCH3 is 1. The Morgan fingerprint density at radius 2 is 1.55 bits per heavy atom. The molecule has 0 saturated carbocycles. The summed E-state index contributed by atoms with van der Waals surface area (Å²) in [6, 6.07) is 6.94. The number of ether oxygens (including phenoxy) is 2. The van der Waals surface area contributed by atoms with Crippen LogP contribution in [0, 0.1) is 5.41 Å². The number of nitrogens with one attached hydrogen (secondary N) is 2. The van der Waals surface area contributed by atoms with E-state index in [1.54, 1.807) is 31.4 Å². The van der Waals surface area contributed by atoms with Crippen molar-refractivity contribution in [3.8, 4) is 0 Å². The number of carbonyl (C=O) groups is 2. The van der Waals surface area contributed by atoms with Gasteiger partial charge in [0.05, 0.1) is 13.2 Å². The van der Waals surface area contributed by atoms with Crippen LogP contribution in [0.1, 0.15) is 20.8 Å². The second-order valence-electron chi connectivity index (χ2n) is 5.88. The van der Waals surface area contributed by atoms with E-state index >= 15 is 0 Å². The summed E-state index contributed by atoms with van der Waals surface area (Å²) in [7, 11) is 1.57. The molecule has 0 radical (unpaired) electrons. The highest BCUT2D eigenvalue weighted by Gasteiger charge is 2.20. The number of benzene rings is 1. The Balaban J connectivity index is 2.45. The van der Waals surface area contributed by atoms with Crippen LogP contribution in [0.2, 0.25) is 0 Å². The van der Waals surface area contributed by atoms with Crippen molar-refractivity contribution in [3.05, 3.63) is 24.3 Å². The summed E-state index contributed by atoms with van der Waals surface area (Å²) in [4.78, 5) is 23.5. The van der Waals surface area contributed by atoms with Crippen molar-refractivity contribution in [1.29, 1.82) is 0 Å². The number of amides is 2. The van der Waals surface area contributed by atoms with Gasteiger partial charge in [-0.1, -0.05) is 20.8 Å². The number of hydrogen-bond acceptors (Lipinski definition) is 4. The van der Waals surface area contributed by atoms with E-state index in [4.69, 9.17) is 9.47 Å². The Kier molecular flexibility index (Phi) is 7.01. The minimum atomic E-state index is -0.452. The van der Waals surface area contributed by atoms with Crippen LogP contribution in [-0.2, 0) is 19.1 Å². The average molecular weight is 308 g/mol. The van der Waals surface area contributed by atoms with Gasteiger partial charge in [-0.2, -0.15) is 0 Å². The summed E-state index contributed by atoms with van der Waals surface area (Å²) in [5.41, 5.74) is 0.884. The Morgan fingerprint density at radius 1 is 1.00 bits per heavy atom. The number of anilines is 2. The summed E-state index contributed by atoms with van der Waals surface area (Å²) in [5, 5.41) is 5.53. The van der Waals surface area contributed by atoms with Gasteiger partial charge in [0.1, 0.15) is 6.61 Å². The van der Waals surface area contributed by atoms with Crippen LogP contribution in [0.4, 0.5) is 11.4 Å². The van der Waals surface area contributed by atoms with Crippen molar-refractivity contribution < 1.29 is 19.1 Å². The monoisotopic (exact) mass is 308 g/mol. The van der Waals surface area contributed by atoms with E-state index in [0.29, 0.717) is 24.6 Å². The van der Waals surface area contributed by atoms with Gasteiger partial charge in [0, 0.05) is 23.9 Å². The zero-order valence-corrected chi connectivity index (χ0v) is 13.6. The molecule has 0 bridgehead atoms. The molecule has 0 aliphatic carbocycles. The SMILES string of the molecule is COCCOCC(=O)Nc1ccc(NC(=O)C(C)(C)C)cc1. The van der Waals surface area contributed by atoms with Crippen LogP contribution in [0.5, 0.6) is 0 Å².